The zero-order valence-corrected chi connectivity index (χ0v) is 13.2. The quantitative estimate of drug-likeness (QED) is 0.836. The summed E-state index contributed by atoms with van der Waals surface area (Å²) in [6.07, 6.45) is 1.73. The van der Waals surface area contributed by atoms with Crippen LogP contribution in [-0.2, 0) is 10.0 Å². The fraction of sp³-hybridized carbons (Fsp3) is 0.600. The zero-order valence-electron chi connectivity index (χ0n) is 12.4. The molecule has 20 heavy (non-hydrogen) atoms. The molecule has 3 nitrogen and oxygen atoms in total. The second-order valence-corrected chi connectivity index (χ2v) is 7.80. The van der Waals surface area contributed by atoms with E-state index < -0.39 is 15.8 Å². The van der Waals surface area contributed by atoms with Crippen LogP contribution in [0.5, 0.6) is 0 Å². The van der Waals surface area contributed by atoms with E-state index in [1.807, 2.05) is 20.8 Å². The number of nitrogens with zero attached hydrogens (tertiary/aromatic N) is 1. The van der Waals surface area contributed by atoms with Crippen molar-refractivity contribution in [3.63, 3.8) is 0 Å². The van der Waals surface area contributed by atoms with Gasteiger partial charge in [-0.05, 0) is 50.3 Å². The molecule has 0 amide bonds. The molecule has 1 atom stereocenters. The van der Waals surface area contributed by atoms with E-state index in [0.29, 0.717) is 0 Å². The van der Waals surface area contributed by atoms with Crippen molar-refractivity contribution in [3.05, 3.63) is 29.6 Å². The highest BCUT2D eigenvalue weighted by Gasteiger charge is 2.42. The minimum Gasteiger partial charge on any atom is -0.207 e. The smallest absolute Gasteiger partial charge is 0.207 e. The van der Waals surface area contributed by atoms with Gasteiger partial charge in [0, 0.05) is 12.1 Å². The minimum atomic E-state index is -3.78. The van der Waals surface area contributed by atoms with E-state index in [2.05, 4.69) is 0 Å². The van der Waals surface area contributed by atoms with Crippen LogP contribution in [0.4, 0.5) is 4.39 Å². The van der Waals surface area contributed by atoms with Crippen LogP contribution in [0.3, 0.4) is 0 Å². The third-order valence-electron chi connectivity index (χ3n) is 3.92. The Morgan fingerprint density at radius 2 is 1.85 bits per heavy atom. The third-order valence-corrected chi connectivity index (χ3v) is 5.97. The fourth-order valence-corrected chi connectivity index (χ4v) is 4.45. The third kappa shape index (κ3) is 2.88. The van der Waals surface area contributed by atoms with Crippen LogP contribution < -0.4 is 0 Å². The second-order valence-electron chi connectivity index (χ2n) is 5.98. The molecule has 0 radical (unpaired) electrons. The van der Waals surface area contributed by atoms with E-state index in [9.17, 15) is 12.8 Å². The van der Waals surface area contributed by atoms with E-state index in [-0.39, 0.29) is 22.9 Å². The number of aryl methyl sites for hydroxylation is 1. The first-order valence-electron chi connectivity index (χ1n) is 7.05. The van der Waals surface area contributed by atoms with Crippen LogP contribution in [0.15, 0.2) is 23.1 Å². The molecule has 1 aliphatic rings. The maximum absolute atomic E-state index is 14.0. The topological polar surface area (TPSA) is 37.4 Å². The van der Waals surface area contributed by atoms with Crippen LogP contribution >= 0.6 is 0 Å². The van der Waals surface area contributed by atoms with Gasteiger partial charge >= 0.3 is 0 Å². The summed E-state index contributed by atoms with van der Waals surface area (Å²) in [5.74, 6) is -0.476. The van der Waals surface area contributed by atoms with Gasteiger partial charge in [0.15, 0.2) is 0 Å². The van der Waals surface area contributed by atoms with Crippen LogP contribution in [0, 0.1) is 18.7 Å². The molecule has 0 saturated heterocycles. The molecular weight excluding hydrogens is 277 g/mol. The molecule has 0 N–H and O–H groups in total. The Morgan fingerprint density at radius 1 is 1.25 bits per heavy atom. The number of hydrogen-bond donors (Lipinski definition) is 0. The van der Waals surface area contributed by atoms with Crippen LogP contribution in [0.25, 0.3) is 0 Å². The average molecular weight is 299 g/mol. The van der Waals surface area contributed by atoms with E-state index in [4.69, 9.17) is 0 Å². The molecular formula is C15H22FNO2S. The van der Waals surface area contributed by atoms with Crippen molar-refractivity contribution in [1.29, 1.82) is 0 Å². The van der Waals surface area contributed by atoms with Crippen molar-refractivity contribution >= 4 is 10.0 Å². The average Bonchev–Trinajstić information content (AvgIpc) is 3.16. The first-order chi connectivity index (χ1) is 9.25. The van der Waals surface area contributed by atoms with Gasteiger partial charge in [-0.3, -0.25) is 0 Å². The molecule has 2 rings (SSSR count). The summed E-state index contributed by atoms with van der Waals surface area (Å²) in [5, 5.41) is 0. The summed E-state index contributed by atoms with van der Waals surface area (Å²) in [5.41, 5.74) is 0.748. The molecule has 5 heteroatoms. The highest BCUT2D eigenvalue weighted by Crippen LogP contribution is 2.36. The standard InChI is InChI=1S/C15H22FNO2S/c1-10(2)12(4)17(13-6-7-13)20(18,19)15-9-11(3)5-8-14(15)16/h5,8-10,12-13H,6-7H2,1-4H3. The normalized spacial score (nSPS) is 17.8. The summed E-state index contributed by atoms with van der Waals surface area (Å²) in [7, 11) is -3.78. The summed E-state index contributed by atoms with van der Waals surface area (Å²) in [4.78, 5) is -0.197. The highest BCUT2D eigenvalue weighted by molar-refractivity contribution is 7.89. The Kier molecular flexibility index (Phi) is 4.21. The van der Waals surface area contributed by atoms with Crippen molar-refractivity contribution < 1.29 is 12.8 Å². The molecule has 0 bridgehead atoms. The van der Waals surface area contributed by atoms with Gasteiger partial charge in [-0.25, -0.2) is 12.8 Å². The lowest BCUT2D eigenvalue weighted by Gasteiger charge is -2.31. The molecule has 1 aromatic carbocycles. The Balaban J connectivity index is 2.48. The monoisotopic (exact) mass is 299 g/mol. The number of rotatable bonds is 5. The van der Waals surface area contributed by atoms with Gasteiger partial charge in [-0.15, -0.1) is 0 Å². The summed E-state index contributed by atoms with van der Waals surface area (Å²) >= 11 is 0. The number of halogens is 1. The molecule has 1 saturated carbocycles. The predicted molar refractivity (Wildman–Crippen MR) is 77.5 cm³/mol. The Labute approximate surface area is 120 Å². The maximum atomic E-state index is 14.0. The maximum Gasteiger partial charge on any atom is 0.246 e. The van der Waals surface area contributed by atoms with Crippen molar-refractivity contribution in [3.8, 4) is 0 Å². The zero-order chi connectivity index (χ0) is 15.1. The SMILES string of the molecule is Cc1ccc(F)c(S(=O)(=O)N(C2CC2)C(C)C(C)C)c1. The second kappa shape index (κ2) is 5.45. The van der Waals surface area contributed by atoms with Gasteiger partial charge in [-0.2, -0.15) is 4.31 Å². The first kappa shape index (κ1) is 15.4. The number of sulfonamides is 1. The Hall–Kier alpha value is -0.940. The van der Waals surface area contributed by atoms with Gasteiger partial charge in [0.2, 0.25) is 10.0 Å². The van der Waals surface area contributed by atoms with Gasteiger partial charge < -0.3 is 0 Å². The molecule has 1 fully saturated rings. The van der Waals surface area contributed by atoms with E-state index in [0.717, 1.165) is 18.4 Å². The molecule has 1 unspecified atom stereocenters. The van der Waals surface area contributed by atoms with Crippen LogP contribution in [0.2, 0.25) is 0 Å². The predicted octanol–water partition coefficient (Wildman–Crippen LogP) is 3.33. The fourth-order valence-electron chi connectivity index (χ4n) is 2.29. The van der Waals surface area contributed by atoms with E-state index in [1.54, 1.807) is 13.0 Å². The van der Waals surface area contributed by atoms with Crippen molar-refractivity contribution in [2.75, 3.05) is 0 Å². The first-order valence-corrected chi connectivity index (χ1v) is 8.49. The van der Waals surface area contributed by atoms with E-state index in [1.165, 1.54) is 16.4 Å². The highest BCUT2D eigenvalue weighted by atomic mass is 32.2. The van der Waals surface area contributed by atoms with Crippen molar-refractivity contribution in [1.82, 2.24) is 4.31 Å². The van der Waals surface area contributed by atoms with Gasteiger partial charge in [0.25, 0.3) is 0 Å². The number of benzene rings is 1. The van der Waals surface area contributed by atoms with Gasteiger partial charge in [-0.1, -0.05) is 19.9 Å². The Bertz CT molecular complexity index is 594. The summed E-state index contributed by atoms with van der Waals surface area (Å²) in [6, 6.07) is 4.13. The summed E-state index contributed by atoms with van der Waals surface area (Å²) < 4.78 is 41.1. The number of hydrogen-bond acceptors (Lipinski definition) is 2. The lowest BCUT2D eigenvalue weighted by Crippen LogP contribution is -2.43. The molecule has 0 heterocycles. The van der Waals surface area contributed by atoms with Crippen molar-refractivity contribution in [2.45, 2.75) is 57.5 Å². The van der Waals surface area contributed by atoms with Crippen LogP contribution in [0.1, 0.15) is 39.2 Å². The molecule has 1 aromatic rings. The molecule has 1 aliphatic carbocycles. The largest absolute Gasteiger partial charge is 0.246 e. The van der Waals surface area contributed by atoms with Gasteiger partial charge in [0.05, 0.1) is 0 Å². The van der Waals surface area contributed by atoms with Crippen LogP contribution in [-0.4, -0.2) is 24.8 Å². The lowest BCUT2D eigenvalue weighted by molar-refractivity contribution is 0.268. The molecule has 112 valence electrons. The lowest BCUT2D eigenvalue weighted by atomic mass is 10.1. The molecule has 0 aliphatic heterocycles. The molecule has 0 spiro atoms. The minimum absolute atomic E-state index is 0.0253. The van der Waals surface area contributed by atoms with Crippen molar-refractivity contribution in [2.24, 2.45) is 5.92 Å². The molecule has 0 aromatic heterocycles. The van der Waals surface area contributed by atoms with Gasteiger partial charge in [0.1, 0.15) is 10.7 Å². The van der Waals surface area contributed by atoms with E-state index >= 15 is 0 Å². The Morgan fingerprint density at radius 3 is 2.35 bits per heavy atom. The summed E-state index contributed by atoms with van der Waals surface area (Å²) in [6.45, 7) is 7.64.